The Bertz CT molecular complexity index is 4270. The number of nitrogens with zero attached hydrogens (tertiary/aromatic N) is 13. The van der Waals surface area contributed by atoms with Crippen LogP contribution in [0.15, 0.2) is 91.3 Å². The summed E-state index contributed by atoms with van der Waals surface area (Å²) in [5, 5.41) is 86.7. The minimum atomic E-state index is -1.08. The summed E-state index contributed by atoms with van der Waals surface area (Å²) >= 11 is 3.19. The van der Waals surface area contributed by atoms with Crippen LogP contribution in [-0.2, 0) is 59.2 Å². The lowest BCUT2D eigenvalue weighted by Crippen LogP contribution is -2.41. The van der Waals surface area contributed by atoms with Gasteiger partial charge in [0, 0.05) is 41.6 Å². The van der Waals surface area contributed by atoms with E-state index in [0.717, 1.165) is 95.6 Å². The Balaban J connectivity index is 0.000000236. The number of carboxylic acid groups (broad SMARTS) is 1. The van der Waals surface area contributed by atoms with E-state index in [9.17, 15) is 53.2 Å². The van der Waals surface area contributed by atoms with Crippen molar-refractivity contribution in [3.63, 3.8) is 0 Å². The Morgan fingerprint density at radius 2 is 0.981 bits per heavy atom. The monoisotopic (exact) mass is 1550 g/mol. The number of ketones is 2. The second-order valence-electron chi connectivity index (χ2n) is 28.3. The van der Waals surface area contributed by atoms with Crippen LogP contribution in [0.25, 0.3) is 11.4 Å². The number of rotatable bonds is 19. The molecule has 0 saturated carbocycles. The van der Waals surface area contributed by atoms with Crippen LogP contribution in [0.2, 0.25) is 0 Å². The van der Waals surface area contributed by atoms with Gasteiger partial charge in [0.15, 0.2) is 11.5 Å². The summed E-state index contributed by atoms with van der Waals surface area (Å²) in [6, 6.07) is 20.1. The molecule has 2 aromatic carbocycles. The number of anilines is 2. The average molecular weight is 1550 g/mol. The van der Waals surface area contributed by atoms with Crippen molar-refractivity contribution in [1.82, 2.24) is 69.3 Å². The number of hydrogen-bond acceptors (Lipinski definition) is 18. The van der Waals surface area contributed by atoms with Crippen LogP contribution < -0.4 is 10.2 Å². The molecule has 0 spiro atoms. The van der Waals surface area contributed by atoms with Crippen molar-refractivity contribution in [3.8, 4) is 11.4 Å². The van der Waals surface area contributed by atoms with Gasteiger partial charge in [-0.15, -0.1) is 0 Å². The second-order valence-corrected chi connectivity index (χ2v) is 29.4. The fourth-order valence-corrected chi connectivity index (χ4v) is 11.2. The number of carbonyl (C=O) groups is 5. The molecule has 7 aromatic heterocycles. The third-order valence-corrected chi connectivity index (χ3v) is 18.5. The summed E-state index contributed by atoms with van der Waals surface area (Å²) in [6.45, 7) is 37.3. The number of H-pyrrole nitrogens is 2. The number of aliphatic carboxylic acids is 1. The number of aliphatic hydroxyl groups is 4. The maximum atomic E-state index is 13.6. The van der Waals surface area contributed by atoms with Gasteiger partial charge in [-0.05, 0) is 241 Å². The molecule has 0 fully saturated rings. The van der Waals surface area contributed by atoms with Crippen LogP contribution in [0, 0.1) is 46.3 Å². The molecule has 9 heterocycles. The summed E-state index contributed by atoms with van der Waals surface area (Å²) in [7, 11) is 0. The molecule has 0 bridgehead atoms. The molecule has 0 radical (unpaired) electrons. The summed E-state index contributed by atoms with van der Waals surface area (Å²) < 4.78 is 39.4. The summed E-state index contributed by atoms with van der Waals surface area (Å²) in [4.78, 5) is 59.2. The van der Waals surface area contributed by atoms with Gasteiger partial charge in [0.25, 0.3) is 5.91 Å². The minimum Gasteiger partial charge on any atom is -0.480 e. The van der Waals surface area contributed by atoms with E-state index in [1.165, 1.54) is 34.6 Å². The van der Waals surface area contributed by atoms with E-state index in [1.54, 1.807) is 152 Å². The number of nitrogens with one attached hydrogen (secondary N) is 3. The lowest BCUT2D eigenvalue weighted by atomic mass is 10.1. The number of hydrogen-bond donors (Lipinski definition) is 8. The maximum absolute atomic E-state index is 13.6. The largest absolute Gasteiger partial charge is 0.480 e. The molecule has 4 unspecified atom stereocenters. The van der Waals surface area contributed by atoms with E-state index in [0.29, 0.717) is 60.9 Å². The molecule has 1 amide bonds. The minimum absolute atomic E-state index is 0.0457. The lowest BCUT2D eigenvalue weighted by molar-refractivity contribution is -0.141. The SMILES string of the molecule is CCC(Br)C(C)=O.CCC(C(=O)N1CCCc2c1cnn2-c1ccc(F)cc1)n1nc(C(C)(C)O)cc1C.CCC(C(=O)O)n1nc(C(C)(C)O)cc1C.CCC(C(C)=O)n1nc(C(C)(C)O)cc1C.CCOC(=O)c1cc(C)[nH]n1.Cc1cc(C(C)(C)O)n[nH]1.Fc1ccc(-n2ncc3c2CCCN3)cc1. The molecule has 2 aliphatic rings. The van der Waals surface area contributed by atoms with Crippen LogP contribution in [-0.4, -0.2) is 149 Å². The number of halogens is 3. The van der Waals surface area contributed by atoms with E-state index in [4.69, 9.17) is 9.84 Å². The van der Waals surface area contributed by atoms with Gasteiger partial charge in [-0.3, -0.25) is 38.6 Å². The number of ether oxygens (including phenoxy) is 1. The van der Waals surface area contributed by atoms with E-state index >= 15 is 0 Å². The van der Waals surface area contributed by atoms with Crippen molar-refractivity contribution >= 4 is 56.7 Å². The number of fused-ring (bicyclic) bond motifs is 2. The van der Waals surface area contributed by atoms with Crippen LogP contribution in [0.3, 0.4) is 0 Å². The second kappa shape index (κ2) is 39.0. The van der Waals surface area contributed by atoms with Crippen LogP contribution in [0.4, 0.5) is 20.2 Å². The molecule has 107 heavy (non-hydrogen) atoms. The summed E-state index contributed by atoms with van der Waals surface area (Å²) in [5.41, 5.74) is 8.70. The molecule has 4 atom stereocenters. The molecule has 0 aliphatic carbocycles. The smallest absolute Gasteiger partial charge is 0.358 e. The van der Waals surface area contributed by atoms with Crippen molar-refractivity contribution in [3.05, 3.63) is 171 Å². The third kappa shape index (κ3) is 24.8. The maximum Gasteiger partial charge on any atom is 0.358 e. The number of alkyl halides is 1. The molecule has 9 aromatic rings. The first-order chi connectivity index (χ1) is 50.0. The fourth-order valence-electron chi connectivity index (χ4n) is 11.2. The van der Waals surface area contributed by atoms with E-state index in [-0.39, 0.29) is 45.9 Å². The number of benzene rings is 2. The molecule has 8 N–H and O–H groups in total. The van der Waals surface area contributed by atoms with Crippen molar-refractivity contribution < 1.29 is 63.0 Å². The first-order valence-electron chi connectivity index (χ1n) is 35.9. The van der Waals surface area contributed by atoms with Crippen molar-refractivity contribution in [2.75, 3.05) is 29.9 Å². The molecule has 584 valence electrons. The molecule has 11 rings (SSSR count). The van der Waals surface area contributed by atoms with Gasteiger partial charge in [-0.2, -0.15) is 35.7 Å². The Morgan fingerprint density at radius 1 is 0.551 bits per heavy atom. The zero-order valence-corrected chi connectivity index (χ0v) is 67.0. The standard InChI is InChI=1S/C23H28FN5O2.C12H12FN3.C12H20N2O2.C11H18N2O3.C7H10N2O2.C7H12N2O.C5H9BrO/c1-5-18(28-15(2)13-21(26-28)23(3,4)31)22(30)27-12-6-7-19-20(27)14-25-29(19)17-10-8-16(24)9-11-17;13-9-3-5-10(6-4-9)16-12-2-1-7-14-11(12)8-15-16;1-6-10(9(3)15)14-8(2)7-11(13-14)12(4,5)16;1-5-8(10(14)15)13-7(2)6-9(12-13)11(3,4)16;1-3-11-7(10)6-4-5(2)8-9-6;1-5-4-6(9-8-5)7(2,3)10;1-3-5(6)4(2)7/h8-11,13-14,18,31H,5-7,12H2,1-4H3;3-6,8,14H,1-2,7H2;7,10,16H,6H2,1-5H3;6,8,16H,5H2,1-4H3,(H,14,15);4H,3H2,1-2H3,(H,8,9);4,10H,1-3H3,(H,8,9);5H,3H2,1-2H3. The van der Waals surface area contributed by atoms with Crippen molar-refractivity contribution in [2.24, 2.45) is 0 Å². The van der Waals surface area contributed by atoms with Gasteiger partial charge in [0.1, 0.15) is 57.9 Å². The molecular formula is C77H109BrF2N16O11. The normalized spacial score (nSPS) is 13.7. The number of carbonyl (C=O) groups excluding carboxylic acids is 4. The predicted molar refractivity (Wildman–Crippen MR) is 409 cm³/mol. The Hall–Kier alpha value is -9.36. The van der Waals surface area contributed by atoms with Crippen molar-refractivity contribution in [1.29, 1.82) is 0 Å². The quantitative estimate of drug-likeness (QED) is 0.0275. The van der Waals surface area contributed by atoms with Gasteiger partial charge < -0.3 is 40.5 Å². The van der Waals surface area contributed by atoms with Crippen molar-refractivity contribution in [2.45, 2.75) is 235 Å². The number of aromatic amines is 2. The van der Waals surface area contributed by atoms with Gasteiger partial charge in [0.2, 0.25) is 0 Å². The number of carboxylic acids is 1. The molecule has 30 heteroatoms. The number of amides is 1. The Labute approximate surface area is 633 Å². The number of aryl methyl sites for hydroxylation is 5. The van der Waals surface area contributed by atoms with Gasteiger partial charge >= 0.3 is 11.9 Å². The molecule has 2 aliphatic heterocycles. The van der Waals surface area contributed by atoms with Gasteiger partial charge in [-0.1, -0.05) is 43.6 Å². The molecular weight excluding hydrogens is 1440 g/mol. The number of esters is 1. The highest BCUT2D eigenvalue weighted by Gasteiger charge is 2.34. The van der Waals surface area contributed by atoms with Crippen LogP contribution >= 0.6 is 15.9 Å². The highest BCUT2D eigenvalue weighted by atomic mass is 79.9. The number of aromatic nitrogens is 14. The van der Waals surface area contributed by atoms with Gasteiger partial charge in [0.05, 0.1) is 80.7 Å². The van der Waals surface area contributed by atoms with Gasteiger partial charge in [-0.25, -0.2) is 27.7 Å². The zero-order valence-electron chi connectivity index (χ0n) is 65.4. The fraction of sp³-hybridized carbons (Fsp3) is 0.506. The molecule has 0 saturated heterocycles. The highest BCUT2D eigenvalue weighted by Crippen LogP contribution is 2.34. The first kappa shape index (κ1) is 88.3. The first-order valence-corrected chi connectivity index (χ1v) is 36.8. The summed E-state index contributed by atoms with van der Waals surface area (Å²) in [5.74, 6) is -1.54. The number of Topliss-reactive ketones (excluding diaryl/α,β-unsaturated/α-hetero) is 2. The Kier molecular flexibility index (Phi) is 32.1. The Morgan fingerprint density at radius 3 is 1.35 bits per heavy atom. The zero-order chi connectivity index (χ0) is 80.2. The van der Waals surface area contributed by atoms with Crippen LogP contribution in [0.5, 0.6) is 0 Å². The molecule has 27 nitrogen and oxygen atoms in total. The van der Waals surface area contributed by atoms with E-state index < -0.39 is 40.5 Å². The lowest BCUT2D eigenvalue weighted by Gasteiger charge is -2.31. The predicted octanol–water partition coefficient (Wildman–Crippen LogP) is 13.0. The van der Waals surface area contributed by atoms with Crippen LogP contribution in [0.1, 0.15) is 234 Å². The average Bonchev–Trinajstić information content (AvgIpc) is 1.67. The topological polar surface area (TPSA) is 357 Å². The summed E-state index contributed by atoms with van der Waals surface area (Å²) in [6.07, 6.45) is 9.90. The van der Waals surface area contributed by atoms with E-state index in [2.05, 4.69) is 67.1 Å². The third-order valence-electron chi connectivity index (χ3n) is 17.2. The van der Waals surface area contributed by atoms with E-state index in [1.807, 2.05) is 77.5 Å². The highest BCUT2D eigenvalue weighted by molar-refractivity contribution is 9.10.